The molecule has 1 aromatic rings. The van der Waals surface area contributed by atoms with Crippen molar-refractivity contribution < 1.29 is 9.15 Å². The van der Waals surface area contributed by atoms with Gasteiger partial charge in [0.25, 0.3) is 0 Å². The van der Waals surface area contributed by atoms with Crippen LogP contribution in [0.25, 0.3) is 0 Å². The second-order valence-corrected chi connectivity index (χ2v) is 7.24. The number of hydrogen-bond donors (Lipinski definition) is 1. The molecule has 0 bridgehead atoms. The summed E-state index contributed by atoms with van der Waals surface area (Å²) in [4.78, 5) is 0. The van der Waals surface area contributed by atoms with Crippen LogP contribution >= 0.6 is 23.4 Å². The molecule has 5 heteroatoms. The van der Waals surface area contributed by atoms with Crippen LogP contribution in [0.4, 0.5) is 0 Å². The summed E-state index contributed by atoms with van der Waals surface area (Å²) in [5.74, 6) is 3.89. The van der Waals surface area contributed by atoms with E-state index in [1.807, 2.05) is 23.9 Å². The third kappa shape index (κ3) is 3.03. The number of ether oxygens (including phenoxy) is 1. The molecule has 2 fully saturated rings. The standard InChI is InChI=1S/C15H22ClNO2S/c1-2-17-14(12-3-4-13(16)19-12)11-5-7-18-15(9-11)6-8-20-10-15/h3-4,11,14,17H,2,5-10H2,1H3. The number of rotatable bonds is 4. The topological polar surface area (TPSA) is 34.4 Å². The Morgan fingerprint density at radius 1 is 1.55 bits per heavy atom. The highest BCUT2D eigenvalue weighted by molar-refractivity contribution is 7.99. The predicted molar refractivity (Wildman–Crippen MR) is 83.5 cm³/mol. The summed E-state index contributed by atoms with van der Waals surface area (Å²) in [7, 11) is 0. The highest BCUT2D eigenvalue weighted by Crippen LogP contribution is 2.44. The van der Waals surface area contributed by atoms with Crippen molar-refractivity contribution in [2.75, 3.05) is 24.7 Å². The van der Waals surface area contributed by atoms with Gasteiger partial charge in [-0.1, -0.05) is 6.92 Å². The molecule has 0 aliphatic carbocycles. The van der Waals surface area contributed by atoms with Gasteiger partial charge in [0.1, 0.15) is 5.76 Å². The maximum absolute atomic E-state index is 6.12. The lowest BCUT2D eigenvalue weighted by molar-refractivity contribution is -0.0863. The van der Waals surface area contributed by atoms with Gasteiger partial charge in [-0.2, -0.15) is 11.8 Å². The molecule has 1 aromatic heterocycles. The molecule has 2 saturated heterocycles. The zero-order valence-corrected chi connectivity index (χ0v) is 13.4. The van der Waals surface area contributed by atoms with E-state index in [9.17, 15) is 0 Å². The van der Waals surface area contributed by atoms with Gasteiger partial charge in [0, 0.05) is 12.4 Å². The molecule has 0 amide bonds. The molecule has 2 aliphatic heterocycles. The lowest BCUT2D eigenvalue weighted by atomic mass is 9.80. The minimum absolute atomic E-state index is 0.109. The smallest absolute Gasteiger partial charge is 0.193 e. The summed E-state index contributed by atoms with van der Waals surface area (Å²) >= 11 is 7.96. The number of thioether (sulfide) groups is 1. The fraction of sp³-hybridized carbons (Fsp3) is 0.733. The van der Waals surface area contributed by atoms with Crippen LogP contribution in [-0.2, 0) is 4.74 Å². The summed E-state index contributed by atoms with van der Waals surface area (Å²) in [6.45, 7) is 3.93. The molecular formula is C15H22ClNO2S. The summed E-state index contributed by atoms with van der Waals surface area (Å²) in [6.07, 6.45) is 3.39. The first-order valence-corrected chi connectivity index (χ1v) is 8.96. The predicted octanol–water partition coefficient (Wildman–Crippen LogP) is 3.89. The van der Waals surface area contributed by atoms with Crippen molar-refractivity contribution in [1.82, 2.24) is 5.32 Å². The third-order valence-corrected chi connectivity index (χ3v) is 5.82. The molecule has 3 atom stereocenters. The van der Waals surface area contributed by atoms with E-state index < -0.39 is 0 Å². The van der Waals surface area contributed by atoms with Gasteiger partial charge in [-0.3, -0.25) is 0 Å². The van der Waals surface area contributed by atoms with Crippen LogP contribution in [0, 0.1) is 5.92 Å². The monoisotopic (exact) mass is 315 g/mol. The maximum Gasteiger partial charge on any atom is 0.193 e. The Hall–Kier alpha value is -0.160. The Bertz CT molecular complexity index is 445. The zero-order valence-electron chi connectivity index (χ0n) is 11.9. The molecule has 0 saturated carbocycles. The van der Waals surface area contributed by atoms with E-state index in [1.54, 1.807) is 0 Å². The van der Waals surface area contributed by atoms with Crippen LogP contribution in [0.3, 0.4) is 0 Å². The lowest BCUT2D eigenvalue weighted by Gasteiger charge is -2.40. The first-order valence-electron chi connectivity index (χ1n) is 7.43. The van der Waals surface area contributed by atoms with Crippen molar-refractivity contribution in [1.29, 1.82) is 0 Å². The number of nitrogens with one attached hydrogen (secondary N) is 1. The van der Waals surface area contributed by atoms with E-state index in [0.717, 1.165) is 37.5 Å². The Morgan fingerprint density at radius 3 is 3.10 bits per heavy atom. The molecule has 112 valence electrons. The van der Waals surface area contributed by atoms with Gasteiger partial charge in [-0.25, -0.2) is 0 Å². The van der Waals surface area contributed by atoms with Gasteiger partial charge in [0.15, 0.2) is 5.22 Å². The molecular weight excluding hydrogens is 294 g/mol. The molecule has 3 heterocycles. The summed E-state index contributed by atoms with van der Waals surface area (Å²) in [6, 6.07) is 4.09. The van der Waals surface area contributed by atoms with Gasteiger partial charge in [-0.05, 0) is 61.2 Å². The summed E-state index contributed by atoms with van der Waals surface area (Å²) in [5, 5.41) is 4.05. The van der Waals surface area contributed by atoms with Gasteiger partial charge in [-0.15, -0.1) is 0 Å². The maximum atomic E-state index is 6.12. The van der Waals surface area contributed by atoms with Crippen molar-refractivity contribution in [2.24, 2.45) is 5.92 Å². The average Bonchev–Trinajstić information content (AvgIpc) is 3.06. The Labute approximate surface area is 129 Å². The molecule has 3 nitrogen and oxygen atoms in total. The highest BCUT2D eigenvalue weighted by atomic mass is 35.5. The SMILES string of the molecule is CCNC(c1ccc(Cl)o1)C1CCOC2(CCSC2)C1. The van der Waals surface area contributed by atoms with Crippen LogP contribution in [0.1, 0.15) is 38.0 Å². The van der Waals surface area contributed by atoms with Crippen LogP contribution in [0.2, 0.25) is 5.22 Å². The van der Waals surface area contributed by atoms with E-state index in [0.29, 0.717) is 11.1 Å². The van der Waals surface area contributed by atoms with Crippen LogP contribution in [-0.4, -0.2) is 30.3 Å². The second-order valence-electron chi connectivity index (χ2n) is 5.76. The van der Waals surface area contributed by atoms with Crippen molar-refractivity contribution in [3.8, 4) is 0 Å². The third-order valence-electron chi connectivity index (χ3n) is 4.39. The first kappa shape index (κ1) is 14.8. The van der Waals surface area contributed by atoms with Crippen molar-refractivity contribution in [3.05, 3.63) is 23.1 Å². The molecule has 2 aliphatic rings. The lowest BCUT2D eigenvalue weighted by Crippen LogP contribution is -2.43. The van der Waals surface area contributed by atoms with E-state index in [4.69, 9.17) is 20.8 Å². The fourth-order valence-corrected chi connectivity index (χ4v) is 4.96. The Balaban J connectivity index is 1.76. The molecule has 0 radical (unpaired) electrons. The van der Waals surface area contributed by atoms with Crippen LogP contribution in [0.15, 0.2) is 16.5 Å². The second kappa shape index (κ2) is 6.30. The molecule has 1 spiro atoms. The summed E-state index contributed by atoms with van der Waals surface area (Å²) < 4.78 is 11.8. The number of halogens is 1. The zero-order chi connectivity index (χ0) is 14.0. The number of furan rings is 1. The molecule has 0 aromatic carbocycles. The van der Waals surface area contributed by atoms with Crippen molar-refractivity contribution in [3.63, 3.8) is 0 Å². The number of hydrogen-bond acceptors (Lipinski definition) is 4. The van der Waals surface area contributed by atoms with Gasteiger partial charge in [0.05, 0.1) is 11.6 Å². The van der Waals surface area contributed by atoms with Crippen molar-refractivity contribution in [2.45, 2.75) is 37.8 Å². The van der Waals surface area contributed by atoms with Crippen molar-refractivity contribution >= 4 is 23.4 Å². The minimum Gasteiger partial charge on any atom is -0.448 e. The average molecular weight is 316 g/mol. The molecule has 3 rings (SSSR count). The Morgan fingerprint density at radius 2 is 2.45 bits per heavy atom. The fourth-order valence-electron chi connectivity index (χ4n) is 3.43. The summed E-state index contributed by atoms with van der Waals surface area (Å²) in [5.41, 5.74) is 0.109. The highest BCUT2D eigenvalue weighted by Gasteiger charge is 2.43. The molecule has 1 N–H and O–H groups in total. The van der Waals surface area contributed by atoms with Crippen LogP contribution < -0.4 is 5.32 Å². The largest absolute Gasteiger partial charge is 0.448 e. The quantitative estimate of drug-likeness (QED) is 0.914. The van der Waals surface area contributed by atoms with E-state index in [1.165, 1.54) is 12.2 Å². The van der Waals surface area contributed by atoms with Crippen LogP contribution in [0.5, 0.6) is 0 Å². The van der Waals surface area contributed by atoms with E-state index >= 15 is 0 Å². The minimum atomic E-state index is 0.109. The van der Waals surface area contributed by atoms with E-state index in [-0.39, 0.29) is 11.6 Å². The van der Waals surface area contributed by atoms with Gasteiger partial charge < -0.3 is 14.5 Å². The van der Waals surface area contributed by atoms with Gasteiger partial charge >= 0.3 is 0 Å². The first-order chi connectivity index (χ1) is 9.72. The Kier molecular flexibility index (Phi) is 4.65. The molecule has 20 heavy (non-hydrogen) atoms. The normalized spacial score (nSPS) is 31.8. The van der Waals surface area contributed by atoms with E-state index in [2.05, 4.69) is 12.2 Å². The molecule has 3 unspecified atom stereocenters. The van der Waals surface area contributed by atoms with Gasteiger partial charge in [0.2, 0.25) is 0 Å².